The summed E-state index contributed by atoms with van der Waals surface area (Å²) in [6.45, 7) is 2.04. The fourth-order valence-electron chi connectivity index (χ4n) is 2.00. The standard InChI is InChI=1S/C14H18N2O2S/c1-11-5-6-12(9-15(11)2)13-7-8-14(16(3)10-13)19(4,17)18/h5-10H,1-4H3/q+2. The van der Waals surface area contributed by atoms with E-state index in [9.17, 15) is 8.42 Å². The molecule has 5 heteroatoms. The van der Waals surface area contributed by atoms with Crippen molar-refractivity contribution in [3.8, 4) is 11.1 Å². The van der Waals surface area contributed by atoms with Crippen LogP contribution in [0.4, 0.5) is 0 Å². The topological polar surface area (TPSA) is 41.9 Å². The van der Waals surface area contributed by atoms with E-state index in [0.717, 1.165) is 11.1 Å². The highest BCUT2D eigenvalue weighted by Crippen LogP contribution is 2.17. The molecule has 0 radical (unpaired) electrons. The fraction of sp³-hybridized carbons (Fsp3) is 0.286. The highest BCUT2D eigenvalue weighted by molar-refractivity contribution is 7.90. The van der Waals surface area contributed by atoms with Crippen molar-refractivity contribution >= 4 is 9.84 Å². The summed E-state index contributed by atoms with van der Waals surface area (Å²) >= 11 is 0. The van der Waals surface area contributed by atoms with E-state index < -0.39 is 9.84 Å². The van der Waals surface area contributed by atoms with Crippen LogP contribution in [0.3, 0.4) is 0 Å². The lowest BCUT2D eigenvalue weighted by molar-refractivity contribution is -0.709. The van der Waals surface area contributed by atoms with Gasteiger partial charge in [-0.1, -0.05) is 0 Å². The minimum absolute atomic E-state index is 0.313. The molecule has 2 aromatic heterocycles. The van der Waals surface area contributed by atoms with E-state index in [1.807, 2.05) is 49.1 Å². The third-order valence-corrected chi connectivity index (χ3v) is 4.38. The molecule has 0 unspecified atom stereocenters. The number of aryl methyl sites for hydroxylation is 3. The van der Waals surface area contributed by atoms with Crippen LogP contribution in [0.1, 0.15) is 5.69 Å². The minimum Gasteiger partial charge on any atom is -0.218 e. The third kappa shape index (κ3) is 2.81. The van der Waals surface area contributed by atoms with E-state index in [-0.39, 0.29) is 0 Å². The number of nitrogens with zero attached hydrogens (tertiary/aromatic N) is 2. The molecule has 0 fully saturated rings. The first-order valence-electron chi connectivity index (χ1n) is 5.95. The highest BCUT2D eigenvalue weighted by Gasteiger charge is 2.19. The predicted octanol–water partition coefficient (Wildman–Crippen LogP) is 0.715. The van der Waals surface area contributed by atoms with Gasteiger partial charge in [0.05, 0.1) is 11.1 Å². The van der Waals surface area contributed by atoms with Gasteiger partial charge in [-0.05, 0) is 12.1 Å². The predicted molar refractivity (Wildman–Crippen MR) is 72.1 cm³/mol. The number of rotatable bonds is 2. The summed E-state index contributed by atoms with van der Waals surface area (Å²) in [7, 11) is 0.544. The number of pyridine rings is 2. The molecule has 0 amide bonds. The zero-order chi connectivity index (χ0) is 14.2. The molecule has 2 heterocycles. The van der Waals surface area contributed by atoms with Gasteiger partial charge in [0.25, 0.3) is 5.03 Å². The van der Waals surface area contributed by atoms with Crippen molar-refractivity contribution in [1.82, 2.24) is 0 Å². The Balaban J connectivity index is 2.53. The number of sulfone groups is 1. The van der Waals surface area contributed by atoms with Crippen molar-refractivity contribution in [3.05, 3.63) is 42.4 Å². The Morgan fingerprint density at radius 3 is 1.89 bits per heavy atom. The zero-order valence-corrected chi connectivity index (χ0v) is 12.4. The molecule has 19 heavy (non-hydrogen) atoms. The lowest BCUT2D eigenvalue weighted by Crippen LogP contribution is -2.35. The van der Waals surface area contributed by atoms with Crippen LogP contribution in [0, 0.1) is 6.92 Å². The molecule has 0 aliphatic rings. The minimum atomic E-state index is -3.19. The third-order valence-electron chi connectivity index (χ3n) is 3.19. The SMILES string of the molecule is Cc1ccc(-c2ccc(S(C)(=O)=O)[n+](C)c2)c[n+]1C. The summed E-state index contributed by atoms with van der Waals surface area (Å²) in [5.74, 6) is 0. The molecular formula is C14H18N2O2S+2. The smallest absolute Gasteiger partial charge is 0.218 e. The van der Waals surface area contributed by atoms with Gasteiger partial charge in [0, 0.05) is 25.3 Å². The zero-order valence-electron chi connectivity index (χ0n) is 11.6. The van der Waals surface area contributed by atoms with E-state index in [4.69, 9.17) is 0 Å². The van der Waals surface area contributed by atoms with E-state index in [1.54, 1.807) is 17.7 Å². The molecule has 4 nitrogen and oxygen atoms in total. The summed E-state index contributed by atoms with van der Waals surface area (Å²) in [5, 5.41) is 0.313. The van der Waals surface area contributed by atoms with E-state index in [0.29, 0.717) is 5.03 Å². The van der Waals surface area contributed by atoms with Gasteiger partial charge in [0.1, 0.15) is 14.1 Å². The molecule has 0 saturated heterocycles. The molecule has 2 aromatic rings. The van der Waals surface area contributed by atoms with Crippen molar-refractivity contribution in [2.75, 3.05) is 6.26 Å². The number of hydrogen-bond acceptors (Lipinski definition) is 2. The van der Waals surface area contributed by atoms with Crippen LogP contribution in [0.25, 0.3) is 11.1 Å². The molecule has 0 N–H and O–H groups in total. The van der Waals surface area contributed by atoms with Gasteiger partial charge in [0.15, 0.2) is 18.1 Å². The second-order valence-electron chi connectivity index (χ2n) is 4.81. The van der Waals surface area contributed by atoms with Gasteiger partial charge in [-0.2, -0.15) is 4.57 Å². The summed E-state index contributed by atoms with van der Waals surface area (Å²) in [4.78, 5) is 0. The number of aromatic nitrogens is 2. The maximum Gasteiger partial charge on any atom is 0.296 e. The lowest BCUT2D eigenvalue weighted by Gasteiger charge is -2.02. The maximum atomic E-state index is 11.6. The van der Waals surface area contributed by atoms with Crippen LogP contribution in [-0.2, 0) is 23.9 Å². The van der Waals surface area contributed by atoms with Crippen molar-refractivity contribution in [3.63, 3.8) is 0 Å². The van der Waals surface area contributed by atoms with Crippen LogP contribution in [0.5, 0.6) is 0 Å². The number of hydrogen-bond donors (Lipinski definition) is 0. The first-order valence-corrected chi connectivity index (χ1v) is 7.84. The molecule has 0 atom stereocenters. The summed E-state index contributed by atoms with van der Waals surface area (Å²) < 4.78 is 26.8. The molecule has 100 valence electrons. The lowest BCUT2D eigenvalue weighted by atomic mass is 10.1. The van der Waals surface area contributed by atoms with Crippen LogP contribution in [0.2, 0.25) is 0 Å². The Bertz CT molecular complexity index is 737. The van der Waals surface area contributed by atoms with Gasteiger partial charge in [-0.25, -0.2) is 13.0 Å². The summed E-state index contributed by atoms with van der Waals surface area (Å²) in [6.07, 6.45) is 5.08. The molecular weight excluding hydrogens is 260 g/mol. The Kier molecular flexibility index (Phi) is 3.41. The largest absolute Gasteiger partial charge is 0.296 e. The summed E-state index contributed by atoms with van der Waals surface area (Å²) in [6, 6.07) is 7.55. The highest BCUT2D eigenvalue weighted by atomic mass is 32.2. The van der Waals surface area contributed by atoms with Crippen molar-refractivity contribution in [2.45, 2.75) is 11.9 Å². The van der Waals surface area contributed by atoms with Crippen molar-refractivity contribution < 1.29 is 17.6 Å². The molecule has 2 rings (SSSR count). The quantitative estimate of drug-likeness (QED) is 0.760. The van der Waals surface area contributed by atoms with Gasteiger partial charge in [0.2, 0.25) is 9.84 Å². The van der Waals surface area contributed by atoms with Crippen LogP contribution >= 0.6 is 0 Å². The van der Waals surface area contributed by atoms with Gasteiger partial charge < -0.3 is 0 Å². The fourth-order valence-corrected chi connectivity index (χ4v) is 2.89. The first kappa shape index (κ1) is 13.7. The molecule has 0 bridgehead atoms. The van der Waals surface area contributed by atoms with Gasteiger partial charge in [-0.15, -0.1) is 0 Å². The normalized spacial score (nSPS) is 11.6. The Hall–Kier alpha value is -1.75. The summed E-state index contributed by atoms with van der Waals surface area (Å²) in [5.41, 5.74) is 3.22. The van der Waals surface area contributed by atoms with Crippen molar-refractivity contribution in [1.29, 1.82) is 0 Å². The first-order chi connectivity index (χ1) is 8.79. The second kappa shape index (κ2) is 4.74. The molecule has 0 aliphatic carbocycles. The molecule has 0 saturated carbocycles. The average molecular weight is 278 g/mol. The van der Waals surface area contributed by atoms with Crippen LogP contribution in [-0.4, -0.2) is 14.7 Å². The monoisotopic (exact) mass is 278 g/mol. The Morgan fingerprint density at radius 1 is 0.895 bits per heavy atom. The van der Waals surface area contributed by atoms with E-state index in [1.165, 1.54) is 11.9 Å². The van der Waals surface area contributed by atoms with Crippen molar-refractivity contribution in [2.24, 2.45) is 14.1 Å². The average Bonchev–Trinajstić information content (AvgIpc) is 2.31. The van der Waals surface area contributed by atoms with E-state index in [2.05, 4.69) is 0 Å². The second-order valence-corrected chi connectivity index (χ2v) is 6.77. The maximum absolute atomic E-state index is 11.6. The molecule has 0 aromatic carbocycles. The Labute approximate surface area is 113 Å². The van der Waals surface area contributed by atoms with Crippen LogP contribution in [0.15, 0.2) is 41.7 Å². The molecule has 0 spiro atoms. The molecule has 0 aliphatic heterocycles. The van der Waals surface area contributed by atoms with Gasteiger partial charge in [-0.3, -0.25) is 0 Å². The van der Waals surface area contributed by atoms with Crippen LogP contribution < -0.4 is 9.13 Å². The van der Waals surface area contributed by atoms with E-state index >= 15 is 0 Å². The Morgan fingerprint density at radius 2 is 1.42 bits per heavy atom. The van der Waals surface area contributed by atoms with Gasteiger partial charge >= 0.3 is 0 Å².